The van der Waals surface area contributed by atoms with Gasteiger partial charge in [-0.1, -0.05) is 23.4 Å². The van der Waals surface area contributed by atoms with Crippen molar-refractivity contribution in [3.05, 3.63) is 71.6 Å². The van der Waals surface area contributed by atoms with Gasteiger partial charge in [-0.3, -0.25) is 9.78 Å². The van der Waals surface area contributed by atoms with Crippen molar-refractivity contribution in [3.63, 3.8) is 0 Å². The summed E-state index contributed by atoms with van der Waals surface area (Å²) in [6.07, 6.45) is 1.74. The number of hydrogen-bond donors (Lipinski definition) is 1. The molecule has 0 aliphatic rings. The van der Waals surface area contributed by atoms with Crippen molar-refractivity contribution >= 4 is 17.7 Å². The molecule has 0 aliphatic heterocycles. The predicted octanol–water partition coefficient (Wildman–Crippen LogP) is 3.46. The van der Waals surface area contributed by atoms with Gasteiger partial charge < -0.3 is 14.6 Å². The number of carbonyl (C=O) groups excluding carboxylic acids is 1. The third-order valence-corrected chi connectivity index (χ3v) is 4.81. The first-order chi connectivity index (χ1) is 13.6. The van der Waals surface area contributed by atoms with Gasteiger partial charge in [-0.15, -0.1) is 11.8 Å². The summed E-state index contributed by atoms with van der Waals surface area (Å²) in [6.45, 7) is 4.09. The van der Waals surface area contributed by atoms with Gasteiger partial charge in [-0.2, -0.15) is 4.98 Å². The van der Waals surface area contributed by atoms with Gasteiger partial charge in [0.25, 0.3) is 0 Å². The molecule has 0 saturated carbocycles. The average molecular weight is 398 g/mol. The number of benzene rings is 1. The number of amides is 1. The molecule has 1 N–H and O–H groups in total. The lowest BCUT2D eigenvalue weighted by Crippen LogP contribution is -2.28. The third-order valence-electron chi connectivity index (χ3n) is 3.88. The van der Waals surface area contributed by atoms with Crippen molar-refractivity contribution in [2.24, 2.45) is 0 Å². The monoisotopic (exact) mass is 398 g/mol. The number of nitrogens with zero attached hydrogens (tertiary/aromatic N) is 3. The van der Waals surface area contributed by atoms with E-state index < -0.39 is 0 Å². The van der Waals surface area contributed by atoms with Crippen LogP contribution in [0, 0.1) is 6.92 Å². The molecular weight excluding hydrogens is 376 g/mol. The lowest BCUT2D eigenvalue weighted by atomic mass is 10.1. The lowest BCUT2D eigenvalue weighted by Gasteiger charge is -2.15. The minimum Gasteiger partial charge on any atom is -0.487 e. The zero-order chi connectivity index (χ0) is 19.8. The Hall–Kier alpha value is -2.87. The van der Waals surface area contributed by atoms with Gasteiger partial charge in [0.1, 0.15) is 12.4 Å². The van der Waals surface area contributed by atoms with Crippen LogP contribution in [0.5, 0.6) is 5.75 Å². The van der Waals surface area contributed by atoms with Crippen LogP contribution in [-0.4, -0.2) is 26.8 Å². The van der Waals surface area contributed by atoms with Gasteiger partial charge in [-0.25, -0.2) is 0 Å². The van der Waals surface area contributed by atoms with Gasteiger partial charge in [0.2, 0.25) is 11.8 Å². The Kier molecular flexibility index (Phi) is 7.02. The molecule has 0 fully saturated rings. The fraction of sp³-hybridized carbons (Fsp3) is 0.300. The smallest absolute Gasteiger partial charge is 0.230 e. The van der Waals surface area contributed by atoms with E-state index in [1.807, 2.05) is 49.4 Å². The summed E-state index contributed by atoms with van der Waals surface area (Å²) < 4.78 is 10.7. The van der Waals surface area contributed by atoms with E-state index in [9.17, 15) is 4.79 Å². The number of hydrogen-bond acceptors (Lipinski definition) is 7. The molecule has 28 heavy (non-hydrogen) atoms. The average Bonchev–Trinajstić information content (AvgIpc) is 3.12. The van der Waals surface area contributed by atoms with E-state index in [0.29, 0.717) is 29.8 Å². The number of pyridine rings is 1. The number of ether oxygens (including phenoxy) is 1. The quantitative estimate of drug-likeness (QED) is 0.590. The summed E-state index contributed by atoms with van der Waals surface area (Å²) in [7, 11) is 0. The molecule has 2 heterocycles. The first-order valence-corrected chi connectivity index (χ1v) is 10.0. The molecule has 0 spiro atoms. The second-order valence-corrected chi connectivity index (χ2v) is 7.18. The molecule has 1 amide bonds. The van der Waals surface area contributed by atoms with E-state index >= 15 is 0 Å². The maximum Gasteiger partial charge on any atom is 0.230 e. The van der Waals surface area contributed by atoms with Crippen LogP contribution in [0.2, 0.25) is 0 Å². The van der Waals surface area contributed by atoms with Crippen molar-refractivity contribution in [2.75, 3.05) is 5.75 Å². The molecule has 0 bridgehead atoms. The van der Waals surface area contributed by atoms with Crippen LogP contribution < -0.4 is 10.1 Å². The summed E-state index contributed by atoms with van der Waals surface area (Å²) >= 11 is 1.45. The molecule has 1 unspecified atom stereocenters. The molecule has 1 atom stereocenters. The SMILES string of the molecule is Cc1nc(CSCC(=O)NC(C)c2cccc(OCc3ccccn3)c2)no1. The lowest BCUT2D eigenvalue weighted by molar-refractivity contribution is -0.119. The van der Waals surface area contributed by atoms with E-state index in [1.54, 1.807) is 13.1 Å². The van der Waals surface area contributed by atoms with Gasteiger partial charge in [0, 0.05) is 13.1 Å². The highest BCUT2D eigenvalue weighted by Gasteiger charge is 2.11. The van der Waals surface area contributed by atoms with Crippen LogP contribution in [0.25, 0.3) is 0 Å². The highest BCUT2D eigenvalue weighted by molar-refractivity contribution is 7.99. The molecular formula is C20H22N4O3S. The number of aromatic nitrogens is 3. The fourth-order valence-corrected chi connectivity index (χ4v) is 3.19. The zero-order valence-corrected chi connectivity index (χ0v) is 16.6. The predicted molar refractivity (Wildman–Crippen MR) is 107 cm³/mol. The van der Waals surface area contributed by atoms with E-state index in [-0.39, 0.29) is 11.9 Å². The molecule has 0 saturated heterocycles. The summed E-state index contributed by atoms with van der Waals surface area (Å²) in [6, 6.07) is 13.3. The first kappa shape index (κ1) is 19.9. The number of thioether (sulfide) groups is 1. The number of rotatable bonds is 9. The van der Waals surface area contributed by atoms with Crippen LogP contribution in [0.15, 0.2) is 53.2 Å². The highest BCUT2D eigenvalue weighted by Crippen LogP contribution is 2.20. The standard InChI is InChI=1S/C20H22N4O3S/c1-14(22-20(25)13-28-12-19-23-15(2)27-24-19)16-6-5-8-18(10-16)26-11-17-7-3-4-9-21-17/h3-10,14H,11-13H2,1-2H3,(H,22,25). The minimum absolute atomic E-state index is 0.0440. The highest BCUT2D eigenvalue weighted by atomic mass is 32.2. The third kappa shape index (κ3) is 6.09. The first-order valence-electron chi connectivity index (χ1n) is 8.89. The normalized spacial score (nSPS) is 11.8. The van der Waals surface area contributed by atoms with Crippen molar-refractivity contribution in [1.29, 1.82) is 0 Å². The van der Waals surface area contributed by atoms with Crippen LogP contribution in [0.3, 0.4) is 0 Å². The van der Waals surface area contributed by atoms with Gasteiger partial charge >= 0.3 is 0 Å². The second kappa shape index (κ2) is 9.89. The molecule has 0 aliphatic carbocycles. The molecule has 7 nitrogen and oxygen atoms in total. The zero-order valence-electron chi connectivity index (χ0n) is 15.8. The van der Waals surface area contributed by atoms with Crippen LogP contribution >= 0.6 is 11.8 Å². The van der Waals surface area contributed by atoms with Crippen LogP contribution in [-0.2, 0) is 17.2 Å². The number of carbonyl (C=O) groups is 1. The molecule has 2 aromatic heterocycles. The fourth-order valence-electron chi connectivity index (χ4n) is 2.52. The van der Waals surface area contributed by atoms with Gasteiger partial charge in [0.15, 0.2) is 5.82 Å². The summed E-state index contributed by atoms with van der Waals surface area (Å²) in [5.74, 6) is 2.69. The van der Waals surface area contributed by atoms with Crippen molar-refractivity contribution in [3.8, 4) is 5.75 Å². The Morgan fingerprint density at radius 3 is 2.93 bits per heavy atom. The second-order valence-electron chi connectivity index (χ2n) is 6.19. The van der Waals surface area contributed by atoms with Crippen molar-refractivity contribution in [1.82, 2.24) is 20.4 Å². The Bertz CT molecular complexity index is 901. The van der Waals surface area contributed by atoms with E-state index in [2.05, 4.69) is 20.4 Å². The van der Waals surface area contributed by atoms with Crippen LogP contribution in [0.4, 0.5) is 0 Å². The van der Waals surface area contributed by atoms with E-state index in [1.165, 1.54) is 11.8 Å². The van der Waals surface area contributed by atoms with Gasteiger partial charge in [-0.05, 0) is 36.8 Å². The van der Waals surface area contributed by atoms with Gasteiger partial charge in [0.05, 0.1) is 23.2 Å². The largest absolute Gasteiger partial charge is 0.487 e. The Balaban J connectivity index is 1.46. The molecule has 8 heteroatoms. The molecule has 0 radical (unpaired) electrons. The number of aryl methyl sites for hydroxylation is 1. The van der Waals surface area contributed by atoms with Crippen LogP contribution in [0.1, 0.15) is 35.9 Å². The molecule has 3 aromatic rings. The topological polar surface area (TPSA) is 90.1 Å². The molecule has 3 rings (SSSR count). The molecule has 1 aromatic carbocycles. The summed E-state index contributed by atoms with van der Waals surface area (Å²) in [5, 5.41) is 6.81. The summed E-state index contributed by atoms with van der Waals surface area (Å²) in [4.78, 5) is 20.5. The maximum absolute atomic E-state index is 12.2. The Morgan fingerprint density at radius 1 is 1.29 bits per heavy atom. The van der Waals surface area contributed by atoms with E-state index in [4.69, 9.17) is 9.26 Å². The summed E-state index contributed by atoms with van der Waals surface area (Å²) in [5.41, 5.74) is 1.84. The maximum atomic E-state index is 12.2. The minimum atomic E-state index is -0.126. The molecule has 146 valence electrons. The van der Waals surface area contributed by atoms with E-state index in [0.717, 1.165) is 17.0 Å². The Labute approximate surface area is 167 Å². The number of nitrogens with one attached hydrogen (secondary N) is 1. The van der Waals surface area contributed by atoms with Crippen molar-refractivity contribution < 1.29 is 14.1 Å². The Morgan fingerprint density at radius 2 is 2.18 bits per heavy atom. The van der Waals surface area contributed by atoms with Crippen molar-refractivity contribution in [2.45, 2.75) is 32.2 Å².